The molecule has 0 radical (unpaired) electrons. The summed E-state index contributed by atoms with van der Waals surface area (Å²) in [5, 5.41) is 6.61. The van der Waals surface area contributed by atoms with Crippen molar-refractivity contribution in [1.82, 2.24) is 14.9 Å². The highest BCUT2D eigenvalue weighted by Gasteiger charge is 2.23. The smallest absolute Gasteiger partial charge is 0.268 e. The third kappa shape index (κ3) is 3.47. The number of nitrogens with one attached hydrogen (secondary N) is 2. The topological polar surface area (TPSA) is 59.0 Å². The molecule has 0 unspecified atom stereocenters. The van der Waals surface area contributed by atoms with E-state index in [9.17, 15) is 4.79 Å². The van der Waals surface area contributed by atoms with E-state index in [2.05, 4.69) is 15.6 Å². The van der Waals surface area contributed by atoms with Gasteiger partial charge in [-0.1, -0.05) is 6.07 Å². The molecule has 0 saturated heterocycles. The predicted molar refractivity (Wildman–Crippen MR) is 86.8 cm³/mol. The van der Waals surface area contributed by atoms with Crippen molar-refractivity contribution >= 4 is 11.7 Å². The zero-order valence-corrected chi connectivity index (χ0v) is 12.8. The van der Waals surface area contributed by atoms with Gasteiger partial charge < -0.3 is 15.2 Å². The van der Waals surface area contributed by atoms with Crippen molar-refractivity contribution in [3.05, 3.63) is 48.4 Å². The maximum Gasteiger partial charge on any atom is 0.268 e. The van der Waals surface area contributed by atoms with E-state index in [0.717, 1.165) is 31.5 Å². The van der Waals surface area contributed by atoms with Gasteiger partial charge in [0.2, 0.25) is 0 Å². The number of hydrogen-bond acceptors (Lipinski definition) is 3. The average molecular weight is 298 g/mol. The van der Waals surface area contributed by atoms with Crippen LogP contribution in [-0.4, -0.2) is 27.5 Å². The lowest BCUT2D eigenvalue weighted by atomic mass is 9.91. The highest BCUT2D eigenvalue weighted by Crippen LogP contribution is 2.21. The van der Waals surface area contributed by atoms with Crippen LogP contribution in [0.5, 0.6) is 0 Å². The largest absolute Gasteiger partial charge is 0.367 e. The number of anilines is 1. The third-order valence-electron chi connectivity index (χ3n) is 4.26. The first-order valence-corrected chi connectivity index (χ1v) is 7.82. The summed E-state index contributed by atoms with van der Waals surface area (Å²) >= 11 is 0. The fraction of sp³-hybridized carbons (Fsp3) is 0.412. The Morgan fingerprint density at radius 2 is 1.91 bits per heavy atom. The van der Waals surface area contributed by atoms with Gasteiger partial charge in [0.1, 0.15) is 11.5 Å². The lowest BCUT2D eigenvalue weighted by Crippen LogP contribution is -2.40. The average Bonchev–Trinajstić information content (AvgIpc) is 2.96. The van der Waals surface area contributed by atoms with Gasteiger partial charge >= 0.3 is 0 Å². The van der Waals surface area contributed by atoms with Crippen molar-refractivity contribution in [2.75, 3.05) is 5.32 Å². The molecule has 22 heavy (non-hydrogen) atoms. The van der Waals surface area contributed by atoms with Gasteiger partial charge in [0.05, 0.1) is 0 Å². The van der Waals surface area contributed by atoms with E-state index in [1.165, 1.54) is 0 Å². The number of aryl methyl sites for hydroxylation is 1. The second kappa shape index (κ2) is 6.64. The Bertz CT molecular complexity index is 615. The van der Waals surface area contributed by atoms with E-state index in [0.29, 0.717) is 11.7 Å². The number of pyridine rings is 1. The van der Waals surface area contributed by atoms with Gasteiger partial charge in [0.15, 0.2) is 0 Å². The highest BCUT2D eigenvalue weighted by atomic mass is 16.2. The monoisotopic (exact) mass is 298 g/mol. The van der Waals surface area contributed by atoms with Crippen LogP contribution < -0.4 is 10.6 Å². The molecule has 1 amide bonds. The Balaban J connectivity index is 1.48. The van der Waals surface area contributed by atoms with Crippen LogP contribution in [0, 0.1) is 0 Å². The van der Waals surface area contributed by atoms with Crippen molar-refractivity contribution < 1.29 is 4.79 Å². The van der Waals surface area contributed by atoms with E-state index in [1.807, 2.05) is 48.1 Å². The molecule has 0 atom stereocenters. The van der Waals surface area contributed by atoms with Crippen molar-refractivity contribution in [3.63, 3.8) is 0 Å². The summed E-state index contributed by atoms with van der Waals surface area (Å²) in [5.74, 6) is 0.951. The van der Waals surface area contributed by atoms with Gasteiger partial charge in [-0.15, -0.1) is 0 Å². The lowest BCUT2D eigenvalue weighted by molar-refractivity contribution is 0.0918. The number of carbonyl (C=O) groups excluding carboxylic acids is 1. The van der Waals surface area contributed by atoms with Crippen molar-refractivity contribution in [2.45, 2.75) is 37.8 Å². The van der Waals surface area contributed by atoms with Crippen LogP contribution in [0.4, 0.5) is 5.82 Å². The first kappa shape index (κ1) is 14.6. The Morgan fingerprint density at radius 3 is 2.55 bits per heavy atom. The second-order valence-corrected chi connectivity index (χ2v) is 5.89. The van der Waals surface area contributed by atoms with E-state index in [1.54, 1.807) is 6.20 Å². The quantitative estimate of drug-likeness (QED) is 0.912. The molecule has 1 saturated carbocycles. The number of nitrogens with zero attached hydrogens (tertiary/aromatic N) is 2. The van der Waals surface area contributed by atoms with Crippen LogP contribution in [0.25, 0.3) is 0 Å². The second-order valence-electron chi connectivity index (χ2n) is 5.89. The van der Waals surface area contributed by atoms with Crippen LogP contribution in [0.2, 0.25) is 0 Å². The molecular weight excluding hydrogens is 276 g/mol. The Kier molecular flexibility index (Phi) is 4.42. The number of carbonyl (C=O) groups is 1. The summed E-state index contributed by atoms with van der Waals surface area (Å²) in [5.41, 5.74) is 0.716. The molecule has 1 fully saturated rings. The van der Waals surface area contributed by atoms with E-state index in [4.69, 9.17) is 0 Å². The van der Waals surface area contributed by atoms with Crippen LogP contribution in [0.3, 0.4) is 0 Å². The fourth-order valence-electron chi connectivity index (χ4n) is 3.00. The predicted octanol–water partition coefficient (Wildman–Crippen LogP) is 2.57. The summed E-state index contributed by atoms with van der Waals surface area (Å²) in [6.07, 6.45) is 7.79. The molecule has 0 aliphatic heterocycles. The minimum atomic E-state index is 0.0219. The molecule has 0 spiro atoms. The third-order valence-corrected chi connectivity index (χ3v) is 4.26. The number of amides is 1. The van der Waals surface area contributed by atoms with Gasteiger partial charge in [-0.3, -0.25) is 4.79 Å². The number of aromatic nitrogens is 2. The molecule has 5 heteroatoms. The SMILES string of the molecule is Cn1cccc1C(=O)NC1CCC(Nc2ccccn2)CC1. The summed E-state index contributed by atoms with van der Waals surface area (Å²) < 4.78 is 1.85. The van der Waals surface area contributed by atoms with Gasteiger partial charge in [0, 0.05) is 31.5 Å². The summed E-state index contributed by atoms with van der Waals surface area (Å²) in [7, 11) is 1.89. The van der Waals surface area contributed by atoms with Crippen molar-refractivity contribution in [1.29, 1.82) is 0 Å². The van der Waals surface area contributed by atoms with Crippen LogP contribution in [0.15, 0.2) is 42.7 Å². The van der Waals surface area contributed by atoms with Gasteiger partial charge in [0.25, 0.3) is 5.91 Å². The maximum atomic E-state index is 12.2. The lowest BCUT2D eigenvalue weighted by Gasteiger charge is -2.30. The molecule has 2 heterocycles. The summed E-state index contributed by atoms with van der Waals surface area (Å²) in [4.78, 5) is 16.5. The summed E-state index contributed by atoms with van der Waals surface area (Å²) in [6.45, 7) is 0. The normalized spacial score (nSPS) is 21.3. The molecule has 2 aromatic rings. The minimum absolute atomic E-state index is 0.0219. The zero-order valence-electron chi connectivity index (χ0n) is 12.8. The zero-order chi connectivity index (χ0) is 15.4. The van der Waals surface area contributed by atoms with Crippen LogP contribution in [0.1, 0.15) is 36.2 Å². The molecule has 116 valence electrons. The Labute approximate surface area is 130 Å². The molecule has 0 bridgehead atoms. The molecule has 1 aliphatic carbocycles. The van der Waals surface area contributed by atoms with Gasteiger partial charge in [-0.05, 0) is 49.9 Å². The van der Waals surface area contributed by atoms with Crippen LogP contribution in [-0.2, 0) is 7.05 Å². The number of hydrogen-bond donors (Lipinski definition) is 2. The fourth-order valence-corrected chi connectivity index (χ4v) is 3.00. The van der Waals surface area contributed by atoms with E-state index < -0.39 is 0 Å². The standard InChI is InChI=1S/C17H22N4O/c1-21-12-4-5-15(21)17(22)20-14-9-7-13(8-10-14)19-16-6-2-3-11-18-16/h2-6,11-14H,7-10H2,1H3,(H,18,19)(H,20,22). The first-order valence-electron chi connectivity index (χ1n) is 7.82. The van der Waals surface area contributed by atoms with Gasteiger partial charge in [-0.25, -0.2) is 4.98 Å². The van der Waals surface area contributed by atoms with Gasteiger partial charge in [-0.2, -0.15) is 0 Å². The summed E-state index contributed by atoms with van der Waals surface area (Å²) in [6, 6.07) is 10.3. The first-order chi connectivity index (χ1) is 10.7. The Morgan fingerprint density at radius 1 is 1.14 bits per heavy atom. The molecule has 0 aromatic carbocycles. The van der Waals surface area contributed by atoms with Crippen molar-refractivity contribution in [2.24, 2.45) is 7.05 Å². The highest BCUT2D eigenvalue weighted by molar-refractivity contribution is 5.92. The minimum Gasteiger partial charge on any atom is -0.367 e. The molecule has 1 aliphatic rings. The molecule has 2 N–H and O–H groups in total. The van der Waals surface area contributed by atoms with E-state index in [-0.39, 0.29) is 11.9 Å². The maximum absolute atomic E-state index is 12.2. The number of rotatable bonds is 4. The molecule has 3 rings (SSSR count). The van der Waals surface area contributed by atoms with Crippen LogP contribution >= 0.6 is 0 Å². The molecular formula is C17H22N4O. The Hall–Kier alpha value is -2.30. The molecule has 2 aromatic heterocycles. The molecule has 5 nitrogen and oxygen atoms in total. The van der Waals surface area contributed by atoms with Crippen molar-refractivity contribution in [3.8, 4) is 0 Å². The van der Waals surface area contributed by atoms with E-state index >= 15 is 0 Å².